The molecule has 0 saturated heterocycles. The molecule has 3 heteroatoms. The van der Waals surface area contributed by atoms with Crippen molar-refractivity contribution >= 4 is 10.9 Å². The Labute approximate surface area is 142 Å². The fourth-order valence-corrected chi connectivity index (χ4v) is 3.84. The lowest BCUT2D eigenvalue weighted by Crippen LogP contribution is -2.35. The number of fused-ring (bicyclic) bond motifs is 3. The van der Waals surface area contributed by atoms with Gasteiger partial charge in [0.2, 0.25) is 0 Å². The number of rotatable bonds is 4. The molecule has 0 radical (unpaired) electrons. The fraction of sp³-hybridized carbons (Fsp3) is 0.333. The zero-order valence-corrected chi connectivity index (χ0v) is 14.0. The Balaban J connectivity index is 1.76. The number of H-pyrrole nitrogens is 1. The molecule has 2 aromatic carbocycles. The number of nitrogens with one attached hydrogen (secondary N) is 2. The number of benzene rings is 2. The summed E-state index contributed by atoms with van der Waals surface area (Å²) in [6.07, 6.45) is 3.43. The van der Waals surface area contributed by atoms with Crippen molar-refractivity contribution in [2.45, 2.75) is 38.3 Å². The molecule has 0 fully saturated rings. The van der Waals surface area contributed by atoms with Crippen molar-refractivity contribution in [2.24, 2.45) is 0 Å². The van der Waals surface area contributed by atoms with Gasteiger partial charge >= 0.3 is 0 Å². The first kappa shape index (κ1) is 15.4. The Kier molecular flexibility index (Phi) is 4.13. The van der Waals surface area contributed by atoms with Crippen molar-refractivity contribution < 1.29 is 5.11 Å². The zero-order chi connectivity index (χ0) is 16.5. The van der Waals surface area contributed by atoms with Crippen molar-refractivity contribution in [2.75, 3.05) is 6.61 Å². The van der Waals surface area contributed by atoms with Crippen LogP contribution in [0.1, 0.15) is 37.1 Å². The number of aromatic nitrogens is 1. The van der Waals surface area contributed by atoms with Crippen LogP contribution in [0.4, 0.5) is 0 Å². The quantitative estimate of drug-likeness (QED) is 0.675. The summed E-state index contributed by atoms with van der Waals surface area (Å²) in [6, 6.07) is 17.7. The molecular weight excluding hydrogens is 296 g/mol. The largest absolute Gasteiger partial charge is 0.395 e. The van der Waals surface area contributed by atoms with Gasteiger partial charge in [0.15, 0.2) is 0 Å². The number of hydrogen-bond acceptors (Lipinski definition) is 2. The summed E-state index contributed by atoms with van der Waals surface area (Å²) in [5.41, 5.74) is 6.49. The molecule has 0 saturated carbocycles. The van der Waals surface area contributed by atoms with Crippen LogP contribution in [0.15, 0.2) is 48.5 Å². The highest BCUT2D eigenvalue weighted by atomic mass is 16.3. The lowest BCUT2D eigenvalue weighted by atomic mass is 9.90. The van der Waals surface area contributed by atoms with Crippen molar-refractivity contribution in [3.63, 3.8) is 0 Å². The van der Waals surface area contributed by atoms with E-state index in [1.165, 1.54) is 39.7 Å². The van der Waals surface area contributed by atoms with Crippen molar-refractivity contribution in [1.82, 2.24) is 10.3 Å². The SMILES string of the molecule is C[C@H](CO)NC1CCCc2c1[nH]c1ccc(-c3ccccc3)cc21. The summed E-state index contributed by atoms with van der Waals surface area (Å²) >= 11 is 0. The molecule has 24 heavy (non-hydrogen) atoms. The van der Waals surface area contributed by atoms with E-state index in [1.54, 1.807) is 0 Å². The van der Waals surface area contributed by atoms with Gasteiger partial charge in [0.05, 0.1) is 6.61 Å². The first-order valence-electron chi connectivity index (χ1n) is 8.83. The van der Waals surface area contributed by atoms with Gasteiger partial charge in [-0.05, 0) is 55.0 Å². The van der Waals surface area contributed by atoms with Crippen LogP contribution in [0, 0.1) is 0 Å². The first-order chi connectivity index (χ1) is 11.8. The zero-order valence-electron chi connectivity index (χ0n) is 14.0. The Bertz CT molecular complexity index is 838. The summed E-state index contributed by atoms with van der Waals surface area (Å²) in [4.78, 5) is 3.63. The Hall–Kier alpha value is -2.10. The Morgan fingerprint density at radius 2 is 2.00 bits per heavy atom. The second-order valence-electron chi connectivity index (χ2n) is 6.84. The summed E-state index contributed by atoms with van der Waals surface area (Å²) in [7, 11) is 0. The average Bonchev–Trinajstić information content (AvgIpc) is 3.01. The average molecular weight is 320 g/mol. The van der Waals surface area contributed by atoms with E-state index in [9.17, 15) is 5.11 Å². The maximum absolute atomic E-state index is 9.34. The maximum atomic E-state index is 9.34. The van der Waals surface area contributed by atoms with Gasteiger partial charge in [-0.2, -0.15) is 0 Å². The molecule has 3 aromatic rings. The lowest BCUT2D eigenvalue weighted by molar-refractivity contribution is 0.235. The molecule has 3 nitrogen and oxygen atoms in total. The van der Waals surface area contributed by atoms with Crippen LogP contribution in [-0.4, -0.2) is 22.7 Å². The van der Waals surface area contributed by atoms with Crippen LogP contribution < -0.4 is 5.32 Å². The maximum Gasteiger partial charge on any atom is 0.0582 e. The van der Waals surface area contributed by atoms with Crippen molar-refractivity contribution in [3.05, 3.63) is 59.8 Å². The number of hydrogen-bond donors (Lipinski definition) is 3. The second kappa shape index (κ2) is 6.42. The van der Waals surface area contributed by atoms with E-state index in [4.69, 9.17) is 0 Å². The number of aromatic amines is 1. The predicted octanol–water partition coefficient (Wildman–Crippen LogP) is 4.18. The lowest BCUT2D eigenvalue weighted by Gasteiger charge is -2.26. The van der Waals surface area contributed by atoms with Crippen LogP contribution >= 0.6 is 0 Å². The van der Waals surface area contributed by atoms with E-state index < -0.39 is 0 Å². The van der Waals surface area contributed by atoms with Crippen molar-refractivity contribution in [1.29, 1.82) is 0 Å². The first-order valence-corrected chi connectivity index (χ1v) is 8.83. The normalized spacial score (nSPS) is 18.5. The van der Waals surface area contributed by atoms with Crippen LogP contribution in [-0.2, 0) is 6.42 Å². The molecular formula is C21H24N2O. The monoisotopic (exact) mass is 320 g/mol. The van der Waals surface area contributed by atoms with E-state index in [0.717, 1.165) is 12.8 Å². The summed E-state index contributed by atoms with van der Waals surface area (Å²) in [6.45, 7) is 2.20. The minimum Gasteiger partial charge on any atom is -0.395 e. The molecule has 1 aliphatic rings. The van der Waals surface area contributed by atoms with Gasteiger partial charge in [0.25, 0.3) is 0 Å². The molecule has 1 unspecified atom stereocenters. The highest BCUT2D eigenvalue weighted by Gasteiger charge is 2.25. The van der Waals surface area contributed by atoms with Gasteiger partial charge < -0.3 is 15.4 Å². The molecule has 3 N–H and O–H groups in total. The predicted molar refractivity (Wildman–Crippen MR) is 99.1 cm³/mol. The third-order valence-corrected chi connectivity index (χ3v) is 5.07. The Morgan fingerprint density at radius 1 is 1.17 bits per heavy atom. The minimum absolute atomic E-state index is 0.118. The molecule has 0 bridgehead atoms. The minimum atomic E-state index is 0.118. The van der Waals surface area contributed by atoms with Crippen LogP contribution in [0.3, 0.4) is 0 Å². The summed E-state index contributed by atoms with van der Waals surface area (Å²) in [5.74, 6) is 0. The smallest absolute Gasteiger partial charge is 0.0582 e. The van der Waals surface area contributed by atoms with Gasteiger partial charge in [-0.1, -0.05) is 36.4 Å². The van der Waals surface area contributed by atoms with E-state index in [0.29, 0.717) is 6.04 Å². The van der Waals surface area contributed by atoms with Gasteiger partial charge in [0, 0.05) is 28.7 Å². The van der Waals surface area contributed by atoms with Crippen LogP contribution in [0.5, 0.6) is 0 Å². The topological polar surface area (TPSA) is 48.0 Å². The number of aliphatic hydroxyl groups excluding tert-OH is 1. The second-order valence-corrected chi connectivity index (χ2v) is 6.84. The van der Waals surface area contributed by atoms with Gasteiger partial charge in [-0.15, -0.1) is 0 Å². The van der Waals surface area contributed by atoms with E-state index in [-0.39, 0.29) is 12.6 Å². The molecule has 0 spiro atoms. The third-order valence-electron chi connectivity index (χ3n) is 5.07. The highest BCUT2D eigenvalue weighted by Crippen LogP contribution is 2.36. The standard InChI is InChI=1S/C21H24N2O/c1-14(13-24)22-20-9-5-8-17-18-12-16(15-6-3-2-4-7-15)10-11-19(18)23-21(17)20/h2-4,6-7,10-12,14,20,22-24H,5,8-9,13H2,1H3/t14-,20?/m1/s1. The van der Waals surface area contributed by atoms with Gasteiger partial charge in [-0.25, -0.2) is 0 Å². The van der Waals surface area contributed by atoms with E-state index in [1.807, 2.05) is 6.92 Å². The van der Waals surface area contributed by atoms with Gasteiger partial charge in [0.1, 0.15) is 0 Å². The summed E-state index contributed by atoms with van der Waals surface area (Å²) in [5, 5.41) is 14.2. The molecule has 1 aromatic heterocycles. The molecule has 2 atom stereocenters. The molecule has 1 aliphatic carbocycles. The van der Waals surface area contributed by atoms with E-state index >= 15 is 0 Å². The highest BCUT2D eigenvalue weighted by molar-refractivity contribution is 5.89. The molecule has 0 amide bonds. The van der Waals surface area contributed by atoms with Gasteiger partial charge in [-0.3, -0.25) is 0 Å². The summed E-state index contributed by atoms with van der Waals surface area (Å²) < 4.78 is 0. The third kappa shape index (κ3) is 2.74. The molecule has 0 aliphatic heterocycles. The molecule has 1 heterocycles. The fourth-order valence-electron chi connectivity index (χ4n) is 3.84. The van der Waals surface area contributed by atoms with Crippen molar-refractivity contribution in [3.8, 4) is 11.1 Å². The Morgan fingerprint density at radius 3 is 2.79 bits per heavy atom. The van der Waals surface area contributed by atoms with E-state index in [2.05, 4.69) is 58.8 Å². The van der Waals surface area contributed by atoms with Crippen LogP contribution in [0.2, 0.25) is 0 Å². The molecule has 4 rings (SSSR count). The molecule has 124 valence electrons. The number of aliphatic hydroxyl groups is 1. The van der Waals surface area contributed by atoms with Crippen LogP contribution in [0.25, 0.3) is 22.0 Å². The number of aryl methyl sites for hydroxylation is 1.